The van der Waals surface area contributed by atoms with Gasteiger partial charge in [-0.3, -0.25) is 4.68 Å². The maximum Gasteiger partial charge on any atom is 0.0971 e. The van der Waals surface area contributed by atoms with Gasteiger partial charge in [-0.1, -0.05) is 11.6 Å². The zero-order valence-electron chi connectivity index (χ0n) is 8.21. The first-order chi connectivity index (χ1) is 6.63. The van der Waals surface area contributed by atoms with E-state index in [1.165, 1.54) is 0 Å². The molecule has 0 unspecified atom stereocenters. The van der Waals surface area contributed by atoms with Gasteiger partial charge in [-0.2, -0.15) is 5.10 Å². The highest BCUT2D eigenvalue weighted by atomic mass is 35.5. The lowest BCUT2D eigenvalue weighted by Crippen LogP contribution is -1.97. The van der Waals surface area contributed by atoms with Crippen LogP contribution in [0.25, 0.3) is 10.9 Å². The van der Waals surface area contributed by atoms with E-state index in [1.54, 1.807) is 0 Å². The number of aromatic nitrogens is 2. The van der Waals surface area contributed by atoms with Crippen molar-refractivity contribution >= 4 is 22.5 Å². The second-order valence-electron chi connectivity index (χ2n) is 3.37. The van der Waals surface area contributed by atoms with Crippen molar-refractivity contribution in [2.45, 2.75) is 13.5 Å². The predicted molar refractivity (Wildman–Crippen MR) is 58.4 cm³/mol. The van der Waals surface area contributed by atoms with Crippen LogP contribution in [0.3, 0.4) is 0 Å². The number of halogens is 1. The van der Waals surface area contributed by atoms with Gasteiger partial charge in [0.2, 0.25) is 0 Å². The van der Waals surface area contributed by atoms with E-state index >= 15 is 0 Å². The summed E-state index contributed by atoms with van der Waals surface area (Å²) in [5.41, 5.74) is 8.70. The van der Waals surface area contributed by atoms with Crippen LogP contribution >= 0.6 is 11.6 Å². The first-order valence-electron chi connectivity index (χ1n) is 4.45. The standard InChI is InChI=1S/C10H12ClN3/c1-6-9-4-8(11)3-7(5-12)10(9)13-14(6)2/h3-4H,5,12H2,1-2H3. The van der Waals surface area contributed by atoms with Crippen LogP contribution in [0.2, 0.25) is 5.02 Å². The number of nitrogens with zero attached hydrogens (tertiary/aromatic N) is 2. The molecule has 0 radical (unpaired) electrons. The highest BCUT2D eigenvalue weighted by Crippen LogP contribution is 2.25. The SMILES string of the molecule is Cc1c2cc(Cl)cc(CN)c2nn1C. The van der Waals surface area contributed by atoms with Crippen molar-refractivity contribution < 1.29 is 0 Å². The second kappa shape index (κ2) is 3.26. The van der Waals surface area contributed by atoms with Crippen LogP contribution in [0, 0.1) is 6.92 Å². The number of rotatable bonds is 1. The first kappa shape index (κ1) is 9.49. The van der Waals surface area contributed by atoms with Gasteiger partial charge in [-0.05, 0) is 24.6 Å². The number of aryl methyl sites for hydroxylation is 2. The molecule has 0 aliphatic rings. The van der Waals surface area contributed by atoms with Crippen molar-refractivity contribution in [2.75, 3.05) is 0 Å². The summed E-state index contributed by atoms with van der Waals surface area (Å²) in [6.07, 6.45) is 0. The number of nitrogens with two attached hydrogens (primary N) is 1. The molecule has 14 heavy (non-hydrogen) atoms. The van der Waals surface area contributed by atoms with Crippen LogP contribution < -0.4 is 5.73 Å². The molecule has 1 aromatic carbocycles. The fourth-order valence-electron chi connectivity index (χ4n) is 1.60. The summed E-state index contributed by atoms with van der Waals surface area (Å²) in [4.78, 5) is 0. The minimum atomic E-state index is 0.466. The molecule has 2 rings (SSSR count). The van der Waals surface area contributed by atoms with E-state index in [0.29, 0.717) is 11.6 Å². The third-order valence-electron chi connectivity index (χ3n) is 2.50. The summed E-state index contributed by atoms with van der Waals surface area (Å²) in [5, 5.41) is 6.20. The highest BCUT2D eigenvalue weighted by Gasteiger charge is 2.09. The minimum absolute atomic E-state index is 0.466. The van der Waals surface area contributed by atoms with E-state index in [0.717, 1.165) is 22.2 Å². The Hall–Kier alpha value is -1.06. The van der Waals surface area contributed by atoms with Gasteiger partial charge in [0.15, 0.2) is 0 Å². The molecule has 0 aliphatic carbocycles. The third-order valence-corrected chi connectivity index (χ3v) is 2.72. The molecule has 2 aromatic rings. The molecule has 0 spiro atoms. The van der Waals surface area contributed by atoms with Crippen molar-refractivity contribution in [3.8, 4) is 0 Å². The molecule has 0 saturated carbocycles. The van der Waals surface area contributed by atoms with Gasteiger partial charge in [0.25, 0.3) is 0 Å². The van der Waals surface area contributed by atoms with Gasteiger partial charge in [0.1, 0.15) is 0 Å². The van der Waals surface area contributed by atoms with Crippen molar-refractivity contribution in [3.63, 3.8) is 0 Å². The predicted octanol–water partition coefficient (Wildman–Crippen LogP) is 1.99. The van der Waals surface area contributed by atoms with E-state index < -0.39 is 0 Å². The maximum atomic E-state index is 5.99. The zero-order chi connectivity index (χ0) is 10.3. The number of hydrogen-bond donors (Lipinski definition) is 1. The van der Waals surface area contributed by atoms with Crippen LogP contribution in [0.5, 0.6) is 0 Å². The quantitative estimate of drug-likeness (QED) is 0.781. The Morgan fingerprint density at radius 3 is 2.86 bits per heavy atom. The van der Waals surface area contributed by atoms with Gasteiger partial charge < -0.3 is 5.73 Å². The number of hydrogen-bond acceptors (Lipinski definition) is 2. The van der Waals surface area contributed by atoms with Crippen LogP contribution in [-0.2, 0) is 13.6 Å². The number of fused-ring (bicyclic) bond motifs is 1. The van der Waals surface area contributed by atoms with Crippen molar-refractivity contribution in [1.29, 1.82) is 0 Å². The molecule has 74 valence electrons. The molecular weight excluding hydrogens is 198 g/mol. The molecule has 0 saturated heterocycles. The van der Waals surface area contributed by atoms with Crippen LogP contribution in [0.4, 0.5) is 0 Å². The molecule has 2 N–H and O–H groups in total. The first-order valence-corrected chi connectivity index (χ1v) is 4.83. The Morgan fingerprint density at radius 1 is 1.50 bits per heavy atom. The normalized spacial score (nSPS) is 11.1. The van der Waals surface area contributed by atoms with E-state index in [-0.39, 0.29) is 0 Å². The van der Waals surface area contributed by atoms with Crippen molar-refractivity contribution in [1.82, 2.24) is 9.78 Å². The van der Waals surface area contributed by atoms with Gasteiger partial charge >= 0.3 is 0 Å². The summed E-state index contributed by atoms with van der Waals surface area (Å²) < 4.78 is 1.85. The van der Waals surface area contributed by atoms with E-state index in [2.05, 4.69) is 5.10 Å². The Kier molecular flexibility index (Phi) is 2.21. The largest absolute Gasteiger partial charge is 0.326 e. The third kappa shape index (κ3) is 1.29. The minimum Gasteiger partial charge on any atom is -0.326 e. The summed E-state index contributed by atoms with van der Waals surface area (Å²) in [5.74, 6) is 0. The molecular formula is C10H12ClN3. The average molecular weight is 210 g/mol. The zero-order valence-corrected chi connectivity index (χ0v) is 8.97. The fourth-order valence-corrected chi connectivity index (χ4v) is 1.85. The highest BCUT2D eigenvalue weighted by molar-refractivity contribution is 6.31. The van der Waals surface area contributed by atoms with Crippen LogP contribution in [0.1, 0.15) is 11.3 Å². The van der Waals surface area contributed by atoms with Crippen LogP contribution in [0.15, 0.2) is 12.1 Å². The summed E-state index contributed by atoms with van der Waals surface area (Å²) in [6.45, 7) is 2.49. The van der Waals surface area contributed by atoms with E-state index in [1.807, 2.05) is 30.8 Å². The Morgan fingerprint density at radius 2 is 2.21 bits per heavy atom. The van der Waals surface area contributed by atoms with Crippen molar-refractivity contribution in [2.24, 2.45) is 12.8 Å². The second-order valence-corrected chi connectivity index (χ2v) is 3.81. The summed E-state index contributed by atoms with van der Waals surface area (Å²) in [6, 6.07) is 3.80. The molecule has 4 heteroatoms. The molecule has 0 bridgehead atoms. The Bertz CT molecular complexity index is 488. The molecule has 0 fully saturated rings. The maximum absolute atomic E-state index is 5.99. The lowest BCUT2D eigenvalue weighted by Gasteiger charge is -1.99. The monoisotopic (exact) mass is 209 g/mol. The van der Waals surface area contributed by atoms with Gasteiger partial charge in [0.05, 0.1) is 5.52 Å². The van der Waals surface area contributed by atoms with Gasteiger partial charge in [-0.15, -0.1) is 0 Å². The summed E-state index contributed by atoms with van der Waals surface area (Å²) >= 11 is 5.99. The van der Waals surface area contributed by atoms with Gasteiger partial charge in [-0.25, -0.2) is 0 Å². The molecule has 0 atom stereocenters. The lowest BCUT2D eigenvalue weighted by molar-refractivity contribution is 0.749. The average Bonchev–Trinajstić information content (AvgIpc) is 2.43. The summed E-state index contributed by atoms with van der Waals surface area (Å²) in [7, 11) is 1.92. The molecule has 0 amide bonds. The number of benzene rings is 1. The Labute approximate surface area is 87.5 Å². The Balaban J connectivity index is 2.87. The smallest absolute Gasteiger partial charge is 0.0971 e. The molecule has 3 nitrogen and oxygen atoms in total. The molecule has 0 aliphatic heterocycles. The van der Waals surface area contributed by atoms with E-state index in [9.17, 15) is 0 Å². The topological polar surface area (TPSA) is 43.8 Å². The molecule has 1 heterocycles. The van der Waals surface area contributed by atoms with Gasteiger partial charge in [0, 0.05) is 29.7 Å². The fraction of sp³-hybridized carbons (Fsp3) is 0.300. The van der Waals surface area contributed by atoms with Crippen molar-refractivity contribution in [3.05, 3.63) is 28.4 Å². The van der Waals surface area contributed by atoms with E-state index in [4.69, 9.17) is 17.3 Å². The van der Waals surface area contributed by atoms with Crippen LogP contribution in [-0.4, -0.2) is 9.78 Å². The molecule has 1 aromatic heterocycles. The lowest BCUT2D eigenvalue weighted by atomic mass is 10.1.